The first-order valence-electron chi connectivity index (χ1n) is 11.2. The van der Waals surface area contributed by atoms with Gasteiger partial charge in [-0.3, -0.25) is 0 Å². The average Bonchev–Trinajstić information content (AvgIpc) is 2.88. The van der Waals surface area contributed by atoms with Crippen LogP contribution in [0.25, 0.3) is 10.9 Å². The van der Waals surface area contributed by atoms with Crippen LogP contribution in [-0.2, 0) is 0 Å². The molecule has 0 saturated carbocycles. The fourth-order valence-corrected chi connectivity index (χ4v) is 4.29. The van der Waals surface area contributed by atoms with Crippen LogP contribution >= 0.6 is 0 Å². The minimum Gasteiger partial charge on any atom is -0.493 e. The minimum absolute atomic E-state index is 0.201. The van der Waals surface area contributed by atoms with E-state index in [1.165, 1.54) is 0 Å². The molecule has 9 nitrogen and oxygen atoms in total. The molecule has 1 saturated heterocycles. The molecule has 1 atom stereocenters. The lowest BCUT2D eigenvalue weighted by Gasteiger charge is -2.40. The molecule has 1 aliphatic rings. The van der Waals surface area contributed by atoms with Crippen molar-refractivity contribution in [1.29, 1.82) is 0 Å². The van der Waals surface area contributed by atoms with Gasteiger partial charge in [0, 0.05) is 42.8 Å². The summed E-state index contributed by atoms with van der Waals surface area (Å²) in [6.45, 7) is 4.54. The SMILES string of the molecule is COc1cc2ncnc(N3CCN(c4ncc(Nc5ccccc5)cn4)C(C)C3)c2cc1OC. The first-order valence-corrected chi connectivity index (χ1v) is 11.2. The van der Waals surface area contributed by atoms with Crippen LogP contribution in [0.4, 0.5) is 23.1 Å². The number of ether oxygens (including phenoxy) is 2. The van der Waals surface area contributed by atoms with E-state index in [1.54, 1.807) is 20.5 Å². The molecule has 0 aliphatic carbocycles. The Bertz CT molecular complexity index is 1270. The standard InChI is InChI=1S/C25H27N7O2/c1-17-15-31(24-20-11-22(33-2)23(34-3)12-21(20)28-16-29-24)9-10-32(17)25-26-13-19(14-27-25)30-18-7-5-4-6-8-18/h4-8,11-14,16-17,30H,9-10,15H2,1-3H3. The number of aromatic nitrogens is 4. The summed E-state index contributed by atoms with van der Waals surface area (Å²) in [4.78, 5) is 22.8. The second kappa shape index (κ2) is 9.38. The summed E-state index contributed by atoms with van der Waals surface area (Å²) in [6, 6.07) is 14.0. The van der Waals surface area contributed by atoms with Crippen molar-refractivity contribution in [3.05, 3.63) is 61.2 Å². The molecule has 5 rings (SSSR count). The molecule has 0 spiro atoms. The van der Waals surface area contributed by atoms with Gasteiger partial charge < -0.3 is 24.6 Å². The quantitative estimate of drug-likeness (QED) is 0.463. The number of rotatable bonds is 6. The number of para-hydroxylation sites is 1. The van der Waals surface area contributed by atoms with Crippen LogP contribution in [0, 0.1) is 0 Å². The lowest BCUT2D eigenvalue weighted by atomic mass is 10.1. The van der Waals surface area contributed by atoms with E-state index < -0.39 is 0 Å². The molecular formula is C25H27N7O2. The maximum atomic E-state index is 5.50. The largest absolute Gasteiger partial charge is 0.493 e. The van der Waals surface area contributed by atoms with Gasteiger partial charge in [-0.1, -0.05) is 18.2 Å². The van der Waals surface area contributed by atoms with Crippen molar-refractivity contribution in [3.8, 4) is 11.5 Å². The molecule has 2 aromatic carbocycles. The van der Waals surface area contributed by atoms with E-state index in [1.807, 2.05) is 54.9 Å². The molecule has 0 amide bonds. The lowest BCUT2D eigenvalue weighted by molar-refractivity contribution is 0.356. The minimum atomic E-state index is 0.201. The number of anilines is 4. The Morgan fingerprint density at radius 2 is 1.62 bits per heavy atom. The molecule has 9 heteroatoms. The number of nitrogens with one attached hydrogen (secondary N) is 1. The lowest BCUT2D eigenvalue weighted by Crippen LogP contribution is -2.53. The van der Waals surface area contributed by atoms with E-state index in [2.05, 4.69) is 42.0 Å². The number of hydrogen-bond donors (Lipinski definition) is 1. The number of piperazine rings is 1. The summed E-state index contributed by atoms with van der Waals surface area (Å²) in [5, 5.41) is 4.26. The van der Waals surface area contributed by atoms with Gasteiger partial charge in [-0.25, -0.2) is 19.9 Å². The molecule has 34 heavy (non-hydrogen) atoms. The molecule has 3 heterocycles. The van der Waals surface area contributed by atoms with E-state index >= 15 is 0 Å². The summed E-state index contributed by atoms with van der Waals surface area (Å²) < 4.78 is 10.9. The van der Waals surface area contributed by atoms with Gasteiger partial charge in [-0.05, 0) is 25.1 Å². The monoisotopic (exact) mass is 457 g/mol. The van der Waals surface area contributed by atoms with Gasteiger partial charge in [0.25, 0.3) is 0 Å². The van der Waals surface area contributed by atoms with Crippen molar-refractivity contribution in [1.82, 2.24) is 19.9 Å². The molecule has 1 aliphatic heterocycles. The molecule has 174 valence electrons. The smallest absolute Gasteiger partial charge is 0.225 e. The third kappa shape index (κ3) is 4.24. The second-order valence-corrected chi connectivity index (χ2v) is 8.17. The highest BCUT2D eigenvalue weighted by Gasteiger charge is 2.27. The van der Waals surface area contributed by atoms with Crippen LogP contribution in [0.5, 0.6) is 11.5 Å². The number of fused-ring (bicyclic) bond motifs is 1. The summed E-state index contributed by atoms with van der Waals surface area (Å²) >= 11 is 0. The van der Waals surface area contributed by atoms with Gasteiger partial charge in [-0.2, -0.15) is 0 Å². The maximum absolute atomic E-state index is 5.50. The van der Waals surface area contributed by atoms with E-state index in [0.717, 1.165) is 53.7 Å². The first-order chi connectivity index (χ1) is 16.7. The Hall–Kier alpha value is -4.14. The Morgan fingerprint density at radius 3 is 2.32 bits per heavy atom. The first kappa shape index (κ1) is 21.7. The van der Waals surface area contributed by atoms with Crippen molar-refractivity contribution in [2.24, 2.45) is 0 Å². The average molecular weight is 458 g/mol. The normalized spacial score (nSPS) is 15.9. The zero-order valence-electron chi connectivity index (χ0n) is 19.5. The highest BCUT2D eigenvalue weighted by Crippen LogP contribution is 2.35. The van der Waals surface area contributed by atoms with Gasteiger partial charge in [0.1, 0.15) is 12.1 Å². The van der Waals surface area contributed by atoms with Crippen LogP contribution < -0.4 is 24.6 Å². The van der Waals surface area contributed by atoms with Gasteiger partial charge in [0.05, 0.1) is 37.8 Å². The predicted octanol–water partition coefficient (Wildman–Crippen LogP) is 3.90. The zero-order valence-corrected chi connectivity index (χ0v) is 19.5. The predicted molar refractivity (Wildman–Crippen MR) is 133 cm³/mol. The highest BCUT2D eigenvalue weighted by molar-refractivity contribution is 5.92. The van der Waals surface area contributed by atoms with Crippen molar-refractivity contribution in [2.45, 2.75) is 13.0 Å². The maximum Gasteiger partial charge on any atom is 0.225 e. The highest BCUT2D eigenvalue weighted by atomic mass is 16.5. The Kier molecular flexibility index (Phi) is 5.99. The number of nitrogens with zero attached hydrogens (tertiary/aromatic N) is 6. The van der Waals surface area contributed by atoms with E-state index in [-0.39, 0.29) is 6.04 Å². The molecular weight excluding hydrogens is 430 g/mol. The Labute approximate surface area is 198 Å². The summed E-state index contributed by atoms with van der Waals surface area (Å²) in [5.41, 5.74) is 2.69. The summed E-state index contributed by atoms with van der Waals surface area (Å²) in [6.07, 6.45) is 5.25. The van der Waals surface area contributed by atoms with Crippen LogP contribution in [-0.4, -0.2) is 59.8 Å². The summed E-state index contributed by atoms with van der Waals surface area (Å²) in [7, 11) is 3.26. The van der Waals surface area contributed by atoms with Crippen molar-refractivity contribution in [3.63, 3.8) is 0 Å². The van der Waals surface area contributed by atoms with E-state index in [4.69, 9.17) is 9.47 Å². The molecule has 1 fully saturated rings. The van der Waals surface area contributed by atoms with E-state index in [0.29, 0.717) is 11.5 Å². The third-order valence-electron chi connectivity index (χ3n) is 6.00. The topological polar surface area (TPSA) is 88.5 Å². The number of benzene rings is 2. The molecule has 0 bridgehead atoms. The zero-order chi connectivity index (χ0) is 23.5. The fraction of sp³-hybridized carbons (Fsp3) is 0.280. The van der Waals surface area contributed by atoms with Crippen LogP contribution in [0.3, 0.4) is 0 Å². The molecule has 1 unspecified atom stereocenters. The van der Waals surface area contributed by atoms with Gasteiger partial charge in [0.15, 0.2) is 11.5 Å². The Balaban J connectivity index is 1.33. The molecule has 1 N–H and O–H groups in total. The third-order valence-corrected chi connectivity index (χ3v) is 6.00. The van der Waals surface area contributed by atoms with Crippen LogP contribution in [0.15, 0.2) is 61.2 Å². The van der Waals surface area contributed by atoms with Gasteiger partial charge in [-0.15, -0.1) is 0 Å². The Morgan fingerprint density at radius 1 is 0.882 bits per heavy atom. The molecule has 0 radical (unpaired) electrons. The van der Waals surface area contributed by atoms with E-state index in [9.17, 15) is 0 Å². The number of methoxy groups -OCH3 is 2. The fourth-order valence-electron chi connectivity index (χ4n) is 4.29. The van der Waals surface area contributed by atoms with Crippen molar-refractivity contribution < 1.29 is 9.47 Å². The second-order valence-electron chi connectivity index (χ2n) is 8.17. The van der Waals surface area contributed by atoms with Gasteiger partial charge in [0.2, 0.25) is 5.95 Å². The summed E-state index contributed by atoms with van der Waals surface area (Å²) in [5.74, 6) is 2.93. The van der Waals surface area contributed by atoms with Crippen molar-refractivity contribution in [2.75, 3.05) is 49.0 Å². The van der Waals surface area contributed by atoms with Crippen LogP contribution in [0.2, 0.25) is 0 Å². The van der Waals surface area contributed by atoms with Gasteiger partial charge >= 0.3 is 0 Å². The molecule has 4 aromatic rings. The van der Waals surface area contributed by atoms with Crippen molar-refractivity contribution >= 4 is 34.0 Å². The number of hydrogen-bond acceptors (Lipinski definition) is 9. The molecule has 2 aromatic heterocycles. The van der Waals surface area contributed by atoms with Crippen LogP contribution in [0.1, 0.15) is 6.92 Å².